The predicted molar refractivity (Wildman–Crippen MR) is 132 cm³/mol. The molecule has 2 aromatic rings. The fourth-order valence-corrected chi connectivity index (χ4v) is 4.52. The van der Waals surface area contributed by atoms with Gasteiger partial charge in [0, 0.05) is 61.9 Å². The molecule has 33 heavy (non-hydrogen) atoms. The Balaban J connectivity index is 1.60. The Morgan fingerprint density at radius 3 is 2.91 bits per heavy atom. The number of H-pyrrole nitrogens is 1. The van der Waals surface area contributed by atoms with Gasteiger partial charge in [-0.1, -0.05) is 13.0 Å². The summed E-state index contributed by atoms with van der Waals surface area (Å²) >= 11 is 0. The van der Waals surface area contributed by atoms with Crippen LogP contribution in [0.25, 0.3) is 11.1 Å². The summed E-state index contributed by atoms with van der Waals surface area (Å²) in [5.74, 6) is 0.676. The van der Waals surface area contributed by atoms with Gasteiger partial charge in [0.25, 0.3) is 5.56 Å². The Kier molecular flexibility index (Phi) is 7.60. The van der Waals surface area contributed by atoms with E-state index in [4.69, 9.17) is 0 Å². The fourth-order valence-electron chi connectivity index (χ4n) is 4.52. The predicted octanol–water partition coefficient (Wildman–Crippen LogP) is 2.98. The van der Waals surface area contributed by atoms with E-state index < -0.39 is 0 Å². The summed E-state index contributed by atoms with van der Waals surface area (Å²) in [6, 6.07) is 6.23. The molecule has 2 aromatic heterocycles. The lowest BCUT2D eigenvalue weighted by Gasteiger charge is -2.40. The number of hydrogen-bond donors (Lipinski definition) is 2. The van der Waals surface area contributed by atoms with Crippen molar-refractivity contribution in [1.82, 2.24) is 20.2 Å². The monoisotopic (exact) mass is 449 g/mol. The standard InChI is InChI=1S/C26H35N5O2/c1-3-22-14-20(10-12-28-22)21-15-24(26(33)29-16-21)31(17-19-8-9-19)23-6-5-13-30(18-23)25(32)7-4-11-27-2/h4,7,10,12,14-16,19,23,27H,3,5-6,8-9,11,13,17-18H2,1-2H3,(H,29,33)/b7-4+/t23-/m1/s1. The Labute approximate surface area is 195 Å². The number of anilines is 1. The van der Waals surface area contributed by atoms with E-state index >= 15 is 0 Å². The summed E-state index contributed by atoms with van der Waals surface area (Å²) < 4.78 is 0. The van der Waals surface area contributed by atoms with Crippen LogP contribution in [0.15, 0.2) is 47.5 Å². The highest BCUT2D eigenvalue weighted by molar-refractivity contribution is 5.87. The first kappa shape index (κ1) is 23.2. The van der Waals surface area contributed by atoms with E-state index in [0.29, 0.717) is 24.7 Å². The van der Waals surface area contributed by atoms with Gasteiger partial charge >= 0.3 is 0 Å². The van der Waals surface area contributed by atoms with Gasteiger partial charge in [-0.25, -0.2) is 0 Å². The molecule has 1 amide bonds. The SMILES string of the molecule is CCc1cc(-c2c[nH]c(=O)c(N(CC3CC3)[C@@H]3CCCN(C(=O)/C=C/CNC)C3)c2)ccn1. The van der Waals surface area contributed by atoms with Crippen molar-refractivity contribution in [2.45, 2.75) is 45.1 Å². The minimum Gasteiger partial charge on any atom is -0.362 e. The average molecular weight is 450 g/mol. The van der Waals surface area contributed by atoms with Crippen molar-refractivity contribution in [3.63, 3.8) is 0 Å². The number of aryl methyl sites for hydroxylation is 1. The van der Waals surface area contributed by atoms with Crippen molar-refractivity contribution in [3.8, 4) is 11.1 Å². The van der Waals surface area contributed by atoms with Gasteiger partial charge in [0.1, 0.15) is 5.69 Å². The number of piperidine rings is 1. The number of amides is 1. The van der Waals surface area contributed by atoms with Gasteiger partial charge < -0.3 is 20.1 Å². The molecule has 7 nitrogen and oxygen atoms in total. The maximum atomic E-state index is 13.0. The summed E-state index contributed by atoms with van der Waals surface area (Å²) in [5.41, 5.74) is 3.71. The molecule has 2 aliphatic rings. The third-order valence-corrected chi connectivity index (χ3v) is 6.59. The molecule has 1 saturated carbocycles. The Morgan fingerprint density at radius 1 is 1.30 bits per heavy atom. The number of likely N-dealkylation sites (tertiary alicyclic amines) is 1. The van der Waals surface area contributed by atoms with Crippen LogP contribution in [0.3, 0.4) is 0 Å². The van der Waals surface area contributed by atoms with E-state index in [-0.39, 0.29) is 17.5 Å². The molecule has 0 bridgehead atoms. The molecule has 1 aliphatic heterocycles. The minimum absolute atomic E-state index is 0.0489. The molecule has 0 unspecified atom stereocenters. The van der Waals surface area contributed by atoms with Gasteiger partial charge in [-0.15, -0.1) is 0 Å². The van der Waals surface area contributed by atoms with Crippen LogP contribution >= 0.6 is 0 Å². The molecule has 0 aromatic carbocycles. The zero-order valence-corrected chi connectivity index (χ0v) is 19.7. The maximum Gasteiger partial charge on any atom is 0.271 e. The number of hydrogen-bond acceptors (Lipinski definition) is 5. The van der Waals surface area contributed by atoms with Crippen LogP contribution < -0.4 is 15.8 Å². The molecule has 7 heteroatoms. The van der Waals surface area contributed by atoms with Crippen LogP contribution in [0, 0.1) is 5.92 Å². The second-order valence-corrected chi connectivity index (χ2v) is 9.13. The summed E-state index contributed by atoms with van der Waals surface area (Å²) in [6.07, 6.45) is 12.3. The lowest BCUT2D eigenvalue weighted by atomic mass is 10.0. The Hall–Kier alpha value is -2.93. The van der Waals surface area contributed by atoms with Gasteiger partial charge in [0.2, 0.25) is 5.91 Å². The van der Waals surface area contributed by atoms with Crippen molar-refractivity contribution < 1.29 is 4.79 Å². The normalized spacial score (nSPS) is 18.6. The maximum absolute atomic E-state index is 13.0. The quantitative estimate of drug-likeness (QED) is 0.575. The number of nitrogens with one attached hydrogen (secondary N) is 2. The number of pyridine rings is 2. The second kappa shape index (κ2) is 10.8. The Morgan fingerprint density at radius 2 is 2.15 bits per heavy atom. The first-order chi connectivity index (χ1) is 16.1. The smallest absolute Gasteiger partial charge is 0.271 e. The molecule has 1 aliphatic carbocycles. The number of carbonyl (C=O) groups excluding carboxylic acids is 1. The average Bonchev–Trinajstić information content (AvgIpc) is 3.67. The molecule has 0 radical (unpaired) electrons. The van der Waals surface area contributed by atoms with E-state index in [2.05, 4.69) is 33.2 Å². The summed E-state index contributed by atoms with van der Waals surface area (Å²) in [5, 5.41) is 3.03. The molecule has 4 rings (SSSR count). The minimum atomic E-state index is -0.0680. The number of nitrogens with zero attached hydrogens (tertiary/aromatic N) is 3. The zero-order valence-electron chi connectivity index (χ0n) is 19.7. The van der Waals surface area contributed by atoms with Crippen LogP contribution in [-0.4, -0.2) is 60.0 Å². The molecule has 176 valence electrons. The van der Waals surface area contributed by atoms with E-state index in [0.717, 1.165) is 49.2 Å². The highest BCUT2D eigenvalue weighted by Crippen LogP contribution is 2.34. The Bertz CT molecular complexity index is 1040. The van der Waals surface area contributed by atoms with Crippen molar-refractivity contribution in [1.29, 1.82) is 0 Å². The molecular formula is C26H35N5O2. The van der Waals surface area contributed by atoms with E-state index in [9.17, 15) is 9.59 Å². The molecule has 2 N–H and O–H groups in total. The van der Waals surface area contributed by atoms with Crippen LogP contribution in [0.4, 0.5) is 5.69 Å². The van der Waals surface area contributed by atoms with Gasteiger partial charge in [0.05, 0.1) is 0 Å². The number of rotatable bonds is 9. The highest BCUT2D eigenvalue weighted by atomic mass is 16.2. The topological polar surface area (TPSA) is 81.3 Å². The van der Waals surface area contributed by atoms with E-state index in [1.807, 2.05) is 36.4 Å². The van der Waals surface area contributed by atoms with Gasteiger partial charge in [-0.05, 0) is 68.8 Å². The molecule has 1 saturated heterocycles. The van der Waals surface area contributed by atoms with Gasteiger partial charge in [-0.2, -0.15) is 0 Å². The molecule has 0 spiro atoms. The van der Waals surface area contributed by atoms with Crippen LogP contribution in [0.1, 0.15) is 38.3 Å². The summed E-state index contributed by atoms with van der Waals surface area (Å²) in [7, 11) is 1.86. The number of aromatic nitrogens is 2. The third kappa shape index (κ3) is 5.90. The largest absolute Gasteiger partial charge is 0.362 e. The third-order valence-electron chi connectivity index (χ3n) is 6.59. The first-order valence-corrected chi connectivity index (χ1v) is 12.1. The lowest BCUT2D eigenvalue weighted by Crippen LogP contribution is -2.51. The fraction of sp³-hybridized carbons (Fsp3) is 0.500. The lowest BCUT2D eigenvalue weighted by molar-refractivity contribution is -0.127. The first-order valence-electron chi connectivity index (χ1n) is 12.1. The van der Waals surface area contributed by atoms with E-state index in [1.54, 1.807) is 12.3 Å². The number of likely N-dealkylation sites (N-methyl/N-ethyl adjacent to an activating group) is 1. The van der Waals surface area contributed by atoms with Crippen molar-refractivity contribution in [2.75, 3.05) is 38.1 Å². The molecular weight excluding hydrogens is 414 g/mol. The summed E-state index contributed by atoms with van der Waals surface area (Å²) in [6.45, 7) is 5.04. The van der Waals surface area contributed by atoms with Gasteiger partial charge in [0.15, 0.2) is 0 Å². The second-order valence-electron chi connectivity index (χ2n) is 9.13. The molecule has 1 atom stereocenters. The highest BCUT2D eigenvalue weighted by Gasteiger charge is 2.33. The number of carbonyl (C=O) groups is 1. The van der Waals surface area contributed by atoms with Crippen LogP contribution in [0.5, 0.6) is 0 Å². The zero-order chi connectivity index (χ0) is 23.2. The van der Waals surface area contributed by atoms with Gasteiger partial charge in [-0.3, -0.25) is 14.6 Å². The summed E-state index contributed by atoms with van der Waals surface area (Å²) in [4.78, 5) is 37.3. The van der Waals surface area contributed by atoms with Crippen LogP contribution in [0.2, 0.25) is 0 Å². The van der Waals surface area contributed by atoms with Crippen molar-refractivity contribution in [2.24, 2.45) is 5.92 Å². The number of aromatic amines is 1. The van der Waals surface area contributed by atoms with E-state index in [1.165, 1.54) is 12.8 Å². The van der Waals surface area contributed by atoms with Crippen molar-refractivity contribution in [3.05, 3.63) is 58.8 Å². The van der Waals surface area contributed by atoms with Crippen LogP contribution in [-0.2, 0) is 11.2 Å². The van der Waals surface area contributed by atoms with Crippen molar-refractivity contribution >= 4 is 11.6 Å². The molecule has 2 fully saturated rings. The molecule has 3 heterocycles.